The van der Waals surface area contributed by atoms with E-state index in [-0.39, 0.29) is 0 Å². The Morgan fingerprint density at radius 3 is 2.64 bits per heavy atom. The van der Waals surface area contributed by atoms with E-state index in [0.29, 0.717) is 5.02 Å². The number of benzene rings is 1. The lowest BCUT2D eigenvalue weighted by Crippen LogP contribution is -2.34. The number of hydrogen-bond acceptors (Lipinski definition) is 2. The SMILES string of the molecule is Cc1nccn1CC1CCN(Cc2ccc(Cl)cc2Cl)CC1. The van der Waals surface area contributed by atoms with Crippen LogP contribution >= 0.6 is 23.2 Å². The number of likely N-dealkylation sites (tertiary alicyclic amines) is 1. The summed E-state index contributed by atoms with van der Waals surface area (Å²) in [6.45, 7) is 6.31. The van der Waals surface area contributed by atoms with E-state index in [4.69, 9.17) is 23.2 Å². The van der Waals surface area contributed by atoms with E-state index in [2.05, 4.69) is 27.6 Å². The molecule has 5 heteroatoms. The molecule has 118 valence electrons. The Morgan fingerprint density at radius 2 is 2.00 bits per heavy atom. The lowest BCUT2D eigenvalue weighted by Gasteiger charge is -2.32. The zero-order valence-corrected chi connectivity index (χ0v) is 14.3. The van der Waals surface area contributed by atoms with Gasteiger partial charge in [0.2, 0.25) is 0 Å². The number of rotatable bonds is 4. The van der Waals surface area contributed by atoms with Crippen LogP contribution in [-0.2, 0) is 13.1 Å². The van der Waals surface area contributed by atoms with Crippen LogP contribution in [0.2, 0.25) is 10.0 Å². The van der Waals surface area contributed by atoms with E-state index in [0.717, 1.165) is 48.5 Å². The highest BCUT2D eigenvalue weighted by Gasteiger charge is 2.20. The predicted octanol–water partition coefficient (Wildman–Crippen LogP) is 4.41. The molecule has 3 rings (SSSR count). The number of halogens is 2. The minimum Gasteiger partial charge on any atom is -0.335 e. The number of piperidine rings is 1. The molecule has 2 aromatic rings. The lowest BCUT2D eigenvalue weighted by molar-refractivity contribution is 0.167. The number of hydrogen-bond donors (Lipinski definition) is 0. The number of aryl methyl sites for hydroxylation is 1. The summed E-state index contributed by atoms with van der Waals surface area (Å²) in [5.41, 5.74) is 1.16. The summed E-state index contributed by atoms with van der Waals surface area (Å²) in [6, 6.07) is 5.77. The first kappa shape index (κ1) is 15.9. The fraction of sp³-hybridized carbons (Fsp3) is 0.471. The highest BCUT2D eigenvalue weighted by molar-refractivity contribution is 6.35. The molecule has 0 saturated carbocycles. The van der Waals surface area contributed by atoms with Gasteiger partial charge in [-0.25, -0.2) is 4.98 Å². The van der Waals surface area contributed by atoms with Crippen LogP contribution in [0.1, 0.15) is 24.2 Å². The first-order valence-electron chi connectivity index (χ1n) is 7.76. The van der Waals surface area contributed by atoms with Crippen molar-refractivity contribution in [2.24, 2.45) is 5.92 Å². The van der Waals surface area contributed by atoms with Crippen molar-refractivity contribution in [3.05, 3.63) is 52.0 Å². The molecule has 1 fully saturated rings. The quantitative estimate of drug-likeness (QED) is 0.823. The third-order valence-electron chi connectivity index (χ3n) is 4.49. The number of aromatic nitrogens is 2. The Bertz CT molecular complexity index is 631. The van der Waals surface area contributed by atoms with Crippen LogP contribution in [-0.4, -0.2) is 27.5 Å². The molecule has 2 heterocycles. The van der Waals surface area contributed by atoms with Crippen LogP contribution in [0, 0.1) is 12.8 Å². The van der Waals surface area contributed by atoms with Crippen LogP contribution in [0.15, 0.2) is 30.6 Å². The van der Waals surface area contributed by atoms with Crippen molar-refractivity contribution in [3.63, 3.8) is 0 Å². The average Bonchev–Trinajstić information content (AvgIpc) is 2.89. The van der Waals surface area contributed by atoms with Gasteiger partial charge >= 0.3 is 0 Å². The molecule has 1 aliphatic heterocycles. The minimum absolute atomic E-state index is 0.697. The van der Waals surface area contributed by atoms with Crippen LogP contribution in [0.4, 0.5) is 0 Å². The highest BCUT2D eigenvalue weighted by atomic mass is 35.5. The Kier molecular flexibility index (Phi) is 5.07. The van der Waals surface area contributed by atoms with Crippen molar-refractivity contribution in [3.8, 4) is 0 Å². The van der Waals surface area contributed by atoms with Gasteiger partial charge in [-0.1, -0.05) is 29.3 Å². The van der Waals surface area contributed by atoms with Crippen molar-refractivity contribution in [2.45, 2.75) is 32.9 Å². The molecule has 22 heavy (non-hydrogen) atoms. The van der Waals surface area contributed by atoms with Crippen LogP contribution < -0.4 is 0 Å². The number of nitrogens with zero attached hydrogens (tertiary/aromatic N) is 3. The second-order valence-corrected chi connectivity index (χ2v) is 6.93. The molecule has 0 aliphatic carbocycles. The molecule has 1 saturated heterocycles. The van der Waals surface area contributed by atoms with Crippen molar-refractivity contribution in [1.29, 1.82) is 0 Å². The molecule has 0 unspecified atom stereocenters. The van der Waals surface area contributed by atoms with Gasteiger partial charge in [0.15, 0.2) is 0 Å². The van der Waals surface area contributed by atoms with E-state index in [9.17, 15) is 0 Å². The number of imidazole rings is 1. The smallest absolute Gasteiger partial charge is 0.105 e. The molecule has 0 spiro atoms. The molecule has 0 radical (unpaired) electrons. The maximum atomic E-state index is 6.27. The Balaban J connectivity index is 1.52. The van der Waals surface area contributed by atoms with Gasteiger partial charge in [0, 0.05) is 35.5 Å². The van der Waals surface area contributed by atoms with Crippen molar-refractivity contribution >= 4 is 23.2 Å². The molecule has 0 bridgehead atoms. The van der Waals surface area contributed by atoms with Crippen molar-refractivity contribution in [1.82, 2.24) is 14.5 Å². The Labute approximate surface area is 141 Å². The van der Waals surface area contributed by atoms with Gasteiger partial charge in [0.05, 0.1) is 0 Å². The predicted molar refractivity (Wildman–Crippen MR) is 91.4 cm³/mol. The zero-order chi connectivity index (χ0) is 15.5. The molecule has 1 aliphatic rings. The highest BCUT2D eigenvalue weighted by Crippen LogP contribution is 2.25. The zero-order valence-electron chi connectivity index (χ0n) is 12.8. The molecular weight excluding hydrogens is 317 g/mol. The average molecular weight is 338 g/mol. The minimum atomic E-state index is 0.697. The third kappa shape index (κ3) is 3.83. The summed E-state index contributed by atoms with van der Waals surface area (Å²) in [5, 5.41) is 1.46. The van der Waals surface area contributed by atoms with Crippen molar-refractivity contribution < 1.29 is 0 Å². The molecular formula is C17H21Cl2N3. The van der Waals surface area contributed by atoms with Gasteiger partial charge in [-0.2, -0.15) is 0 Å². The monoisotopic (exact) mass is 337 g/mol. The summed E-state index contributed by atoms with van der Waals surface area (Å²) in [7, 11) is 0. The van der Waals surface area contributed by atoms with E-state index in [1.165, 1.54) is 12.8 Å². The van der Waals surface area contributed by atoms with Gasteiger partial charge in [0.25, 0.3) is 0 Å². The summed E-state index contributed by atoms with van der Waals surface area (Å²) in [5.74, 6) is 1.85. The summed E-state index contributed by atoms with van der Waals surface area (Å²) in [6.07, 6.45) is 6.41. The maximum absolute atomic E-state index is 6.27. The fourth-order valence-corrected chi connectivity index (χ4v) is 3.56. The van der Waals surface area contributed by atoms with Crippen LogP contribution in [0.5, 0.6) is 0 Å². The van der Waals surface area contributed by atoms with Gasteiger partial charge in [-0.15, -0.1) is 0 Å². The molecule has 1 aromatic heterocycles. The van der Waals surface area contributed by atoms with Gasteiger partial charge in [-0.3, -0.25) is 4.90 Å². The Hall–Kier alpha value is -1.03. The second kappa shape index (κ2) is 7.03. The van der Waals surface area contributed by atoms with E-state index in [1.54, 1.807) is 0 Å². The topological polar surface area (TPSA) is 21.1 Å². The van der Waals surface area contributed by atoms with Crippen molar-refractivity contribution in [2.75, 3.05) is 13.1 Å². The summed E-state index contributed by atoms with van der Waals surface area (Å²) in [4.78, 5) is 6.78. The maximum Gasteiger partial charge on any atom is 0.105 e. The third-order valence-corrected chi connectivity index (χ3v) is 5.08. The van der Waals surface area contributed by atoms with Gasteiger partial charge < -0.3 is 4.57 Å². The first-order chi connectivity index (χ1) is 10.6. The van der Waals surface area contributed by atoms with E-state index in [1.807, 2.05) is 24.4 Å². The summed E-state index contributed by atoms with van der Waals surface area (Å²) >= 11 is 12.2. The standard InChI is InChI=1S/C17H21Cl2N3/c1-13-20-6-9-22(13)11-14-4-7-21(8-5-14)12-15-2-3-16(18)10-17(15)19/h2-3,6,9-10,14H,4-5,7-8,11-12H2,1H3. The molecule has 1 aromatic carbocycles. The second-order valence-electron chi connectivity index (χ2n) is 6.08. The van der Waals surface area contributed by atoms with E-state index < -0.39 is 0 Å². The molecule has 0 atom stereocenters. The van der Waals surface area contributed by atoms with Crippen LogP contribution in [0.25, 0.3) is 0 Å². The largest absolute Gasteiger partial charge is 0.335 e. The first-order valence-corrected chi connectivity index (χ1v) is 8.51. The van der Waals surface area contributed by atoms with Gasteiger partial charge in [-0.05, 0) is 56.5 Å². The molecule has 0 amide bonds. The summed E-state index contributed by atoms with van der Waals surface area (Å²) < 4.78 is 2.26. The lowest BCUT2D eigenvalue weighted by atomic mass is 9.96. The van der Waals surface area contributed by atoms with Crippen LogP contribution in [0.3, 0.4) is 0 Å². The fourth-order valence-electron chi connectivity index (χ4n) is 3.09. The molecule has 0 N–H and O–H groups in total. The normalized spacial score (nSPS) is 17.0. The Morgan fingerprint density at radius 1 is 1.23 bits per heavy atom. The van der Waals surface area contributed by atoms with Gasteiger partial charge in [0.1, 0.15) is 5.82 Å². The van der Waals surface area contributed by atoms with E-state index >= 15 is 0 Å². The molecule has 3 nitrogen and oxygen atoms in total.